The van der Waals surface area contributed by atoms with E-state index in [2.05, 4.69) is 15.6 Å². The summed E-state index contributed by atoms with van der Waals surface area (Å²) in [5.74, 6) is -0.973. The number of fused-ring (bicyclic) bond motifs is 1. The van der Waals surface area contributed by atoms with Crippen LogP contribution in [0.5, 0.6) is 11.5 Å². The average Bonchev–Trinajstić information content (AvgIpc) is 3.13. The maximum Gasteiger partial charge on any atom is 0.358 e. The normalized spacial score (nSPS) is 11.9. The molecule has 2 heterocycles. The van der Waals surface area contributed by atoms with E-state index in [0.29, 0.717) is 30.4 Å². The second kappa shape index (κ2) is 9.01. The number of benzene rings is 1. The number of nitrogens with zero attached hydrogens (tertiary/aromatic N) is 1. The third kappa shape index (κ3) is 5.65. The van der Waals surface area contributed by atoms with E-state index in [1.165, 1.54) is 12.3 Å². The highest BCUT2D eigenvalue weighted by molar-refractivity contribution is 7.14. The molecule has 0 aliphatic carbocycles. The number of rotatable bonds is 5. The van der Waals surface area contributed by atoms with Crippen LogP contribution in [0.25, 0.3) is 0 Å². The zero-order chi connectivity index (χ0) is 20.8. The molecule has 1 aromatic carbocycles. The molecule has 152 valence electrons. The maximum absolute atomic E-state index is 11.9. The molecule has 0 radical (unpaired) electrons. The molecule has 3 rings (SSSR count). The Balaban J connectivity index is 1.45. The van der Waals surface area contributed by atoms with Crippen LogP contribution in [0.2, 0.25) is 0 Å². The van der Waals surface area contributed by atoms with Crippen LogP contribution in [0, 0.1) is 0 Å². The Labute approximate surface area is 168 Å². The smallest absolute Gasteiger partial charge is 0.358 e. The summed E-state index contributed by atoms with van der Waals surface area (Å²) in [5, 5.41) is 8.53. The average molecular weight is 420 g/mol. The van der Waals surface area contributed by atoms with Crippen molar-refractivity contribution in [1.82, 2.24) is 10.3 Å². The van der Waals surface area contributed by atoms with Crippen molar-refractivity contribution in [1.29, 1.82) is 0 Å². The predicted octanol–water partition coefficient (Wildman–Crippen LogP) is 1.38. The Kier molecular flexibility index (Phi) is 6.24. The predicted molar refractivity (Wildman–Crippen MR) is 101 cm³/mol. The van der Waals surface area contributed by atoms with Gasteiger partial charge >= 0.3 is 12.0 Å². The summed E-state index contributed by atoms with van der Waals surface area (Å²) in [7, 11) is 0. The molecule has 0 atom stereocenters. The third-order valence-corrected chi connectivity index (χ3v) is 4.14. The minimum atomic E-state index is -0.861. The van der Waals surface area contributed by atoms with E-state index in [1.54, 1.807) is 18.2 Å². The maximum atomic E-state index is 11.9. The highest BCUT2D eigenvalue weighted by Crippen LogP contribution is 2.32. The number of urea groups is 1. The van der Waals surface area contributed by atoms with E-state index in [-0.39, 0.29) is 16.7 Å². The van der Waals surface area contributed by atoms with Gasteiger partial charge in [-0.2, -0.15) is 0 Å². The molecule has 29 heavy (non-hydrogen) atoms. The van der Waals surface area contributed by atoms with Crippen molar-refractivity contribution in [3.8, 4) is 11.5 Å². The molecule has 1 aliphatic heterocycles. The van der Waals surface area contributed by atoms with Crippen LogP contribution in [0.3, 0.4) is 0 Å². The highest BCUT2D eigenvalue weighted by atomic mass is 32.1. The lowest BCUT2D eigenvalue weighted by atomic mass is 10.2. The lowest BCUT2D eigenvalue weighted by Gasteiger charge is -2.19. The molecule has 0 saturated carbocycles. The van der Waals surface area contributed by atoms with Gasteiger partial charge in [0.1, 0.15) is 13.2 Å². The first kappa shape index (κ1) is 20.1. The number of thiazole rings is 1. The van der Waals surface area contributed by atoms with Gasteiger partial charge in [-0.15, -0.1) is 11.3 Å². The zero-order valence-corrected chi connectivity index (χ0v) is 16.0. The number of esters is 1. The number of amides is 4. The van der Waals surface area contributed by atoms with Crippen molar-refractivity contribution >= 4 is 46.0 Å². The fourth-order valence-corrected chi connectivity index (χ4v) is 2.95. The van der Waals surface area contributed by atoms with Crippen LogP contribution in [-0.4, -0.2) is 48.6 Å². The Morgan fingerprint density at radius 3 is 2.66 bits per heavy atom. The van der Waals surface area contributed by atoms with Gasteiger partial charge in [0.25, 0.3) is 5.91 Å². The fourth-order valence-electron chi connectivity index (χ4n) is 2.23. The number of anilines is 2. The molecule has 11 nitrogen and oxygen atoms in total. The Morgan fingerprint density at radius 1 is 1.14 bits per heavy atom. The molecule has 1 aliphatic rings. The summed E-state index contributed by atoms with van der Waals surface area (Å²) in [4.78, 5) is 50.4. The summed E-state index contributed by atoms with van der Waals surface area (Å²) in [6.07, 6.45) is 0. The first-order valence-electron chi connectivity index (χ1n) is 8.31. The molecule has 2 aromatic rings. The molecule has 0 bridgehead atoms. The summed E-state index contributed by atoms with van der Waals surface area (Å²) in [6.45, 7) is 1.47. The van der Waals surface area contributed by atoms with Crippen molar-refractivity contribution < 1.29 is 33.4 Å². The van der Waals surface area contributed by atoms with Gasteiger partial charge in [0.05, 0.1) is 0 Å². The topological polar surface area (TPSA) is 145 Å². The van der Waals surface area contributed by atoms with Gasteiger partial charge in [-0.05, 0) is 12.1 Å². The lowest BCUT2D eigenvalue weighted by Crippen LogP contribution is -2.37. The summed E-state index contributed by atoms with van der Waals surface area (Å²) >= 11 is 1.03. The second-order valence-electron chi connectivity index (χ2n) is 5.66. The van der Waals surface area contributed by atoms with Crippen LogP contribution < -0.4 is 25.4 Å². The quantitative estimate of drug-likeness (QED) is 0.615. The monoisotopic (exact) mass is 420 g/mol. The Bertz CT molecular complexity index is 959. The molecule has 4 amide bonds. The zero-order valence-electron chi connectivity index (χ0n) is 15.1. The second-order valence-corrected chi connectivity index (χ2v) is 6.51. The Morgan fingerprint density at radius 2 is 1.90 bits per heavy atom. The molecule has 0 saturated heterocycles. The molecule has 0 unspecified atom stereocenters. The van der Waals surface area contributed by atoms with Gasteiger partial charge in [0, 0.05) is 24.1 Å². The standard InChI is InChI=1S/C17H16N4O7S/c1-9(22)18-17-20-11(8-29-17)15(24)28-7-14(23)21-16(25)19-10-2-3-12-13(6-10)27-5-4-26-12/h2-3,6,8H,4-5,7H2,1H3,(H,18,20,22)(H2,19,21,23,25). The van der Waals surface area contributed by atoms with Crippen LogP contribution in [-0.2, 0) is 14.3 Å². The van der Waals surface area contributed by atoms with E-state index in [1.807, 2.05) is 5.32 Å². The molecule has 3 N–H and O–H groups in total. The molecule has 12 heteroatoms. The van der Waals surface area contributed by atoms with Crippen molar-refractivity contribution in [2.24, 2.45) is 0 Å². The van der Waals surface area contributed by atoms with Gasteiger partial charge < -0.3 is 24.8 Å². The minimum Gasteiger partial charge on any atom is -0.486 e. The van der Waals surface area contributed by atoms with Crippen LogP contribution in [0.15, 0.2) is 23.6 Å². The van der Waals surface area contributed by atoms with Crippen LogP contribution in [0.4, 0.5) is 15.6 Å². The van der Waals surface area contributed by atoms with Gasteiger partial charge in [0.2, 0.25) is 5.91 Å². The number of nitrogens with one attached hydrogen (secondary N) is 3. The van der Waals surface area contributed by atoms with E-state index >= 15 is 0 Å². The Hall–Kier alpha value is -3.67. The summed E-state index contributed by atoms with van der Waals surface area (Å²) in [5.41, 5.74) is 0.330. The number of carbonyl (C=O) groups excluding carboxylic acids is 4. The van der Waals surface area contributed by atoms with Crippen molar-refractivity contribution in [2.45, 2.75) is 6.92 Å². The molecule has 0 fully saturated rings. The number of hydrogen-bond acceptors (Lipinski definition) is 9. The summed E-state index contributed by atoms with van der Waals surface area (Å²) < 4.78 is 15.6. The molecular formula is C17H16N4O7S. The van der Waals surface area contributed by atoms with E-state index < -0.39 is 24.5 Å². The molecular weight excluding hydrogens is 404 g/mol. The van der Waals surface area contributed by atoms with E-state index in [0.717, 1.165) is 11.3 Å². The van der Waals surface area contributed by atoms with Crippen molar-refractivity contribution in [2.75, 3.05) is 30.5 Å². The third-order valence-electron chi connectivity index (χ3n) is 3.38. The van der Waals surface area contributed by atoms with Gasteiger partial charge in [-0.3, -0.25) is 14.9 Å². The first-order valence-corrected chi connectivity index (χ1v) is 9.19. The number of imide groups is 1. The number of carbonyl (C=O) groups is 4. The highest BCUT2D eigenvalue weighted by Gasteiger charge is 2.17. The summed E-state index contributed by atoms with van der Waals surface area (Å²) in [6, 6.07) is 3.99. The van der Waals surface area contributed by atoms with Gasteiger partial charge in [0.15, 0.2) is 28.9 Å². The lowest BCUT2D eigenvalue weighted by molar-refractivity contribution is -0.123. The molecule has 1 aromatic heterocycles. The largest absolute Gasteiger partial charge is 0.486 e. The van der Waals surface area contributed by atoms with Crippen molar-refractivity contribution in [3.05, 3.63) is 29.3 Å². The van der Waals surface area contributed by atoms with Crippen LogP contribution >= 0.6 is 11.3 Å². The first-order chi connectivity index (χ1) is 13.9. The fraction of sp³-hybridized carbons (Fsp3) is 0.235. The molecule has 0 spiro atoms. The van der Waals surface area contributed by atoms with E-state index in [9.17, 15) is 19.2 Å². The van der Waals surface area contributed by atoms with Crippen molar-refractivity contribution in [3.63, 3.8) is 0 Å². The minimum absolute atomic E-state index is 0.0627. The van der Waals surface area contributed by atoms with Gasteiger partial charge in [-0.25, -0.2) is 14.6 Å². The number of ether oxygens (including phenoxy) is 3. The number of hydrogen-bond donors (Lipinski definition) is 3. The van der Waals surface area contributed by atoms with Crippen LogP contribution in [0.1, 0.15) is 17.4 Å². The SMILES string of the molecule is CC(=O)Nc1nc(C(=O)OCC(=O)NC(=O)Nc2ccc3c(c2)OCCO3)cs1. The number of aromatic nitrogens is 1. The van der Waals surface area contributed by atoms with E-state index in [4.69, 9.17) is 14.2 Å². The van der Waals surface area contributed by atoms with Gasteiger partial charge in [-0.1, -0.05) is 0 Å².